The van der Waals surface area contributed by atoms with Gasteiger partial charge in [-0.3, -0.25) is 4.90 Å². The van der Waals surface area contributed by atoms with Crippen molar-refractivity contribution in [2.75, 3.05) is 0 Å². The lowest BCUT2D eigenvalue weighted by atomic mass is 9.99. The minimum Gasteiger partial charge on any atom is -0.287 e. The van der Waals surface area contributed by atoms with E-state index in [-0.39, 0.29) is 0 Å². The second-order valence-corrected chi connectivity index (χ2v) is 5.27. The van der Waals surface area contributed by atoms with Gasteiger partial charge < -0.3 is 0 Å². The van der Waals surface area contributed by atoms with Crippen molar-refractivity contribution in [2.45, 2.75) is 59.2 Å². The number of rotatable bonds is 2. The summed E-state index contributed by atoms with van der Waals surface area (Å²) in [5.74, 6) is 0. The molecule has 0 aromatic heterocycles. The van der Waals surface area contributed by atoms with E-state index in [0.29, 0.717) is 18.1 Å². The van der Waals surface area contributed by atoms with Gasteiger partial charge in [-0.25, -0.2) is 0 Å². The van der Waals surface area contributed by atoms with Gasteiger partial charge in [-0.1, -0.05) is 30.7 Å². The van der Waals surface area contributed by atoms with Gasteiger partial charge in [0.15, 0.2) is 0 Å². The summed E-state index contributed by atoms with van der Waals surface area (Å²) in [5, 5.41) is 0. The first-order valence-electron chi connectivity index (χ1n) is 6.44. The standard InChI is InChI=1S/C15H23N/c1-6-15-13-8-7-11(4)9-14(13)12(5)16(15)10(2)3/h7-10,12,15H,6H2,1-5H3. The number of aryl methyl sites for hydroxylation is 1. The largest absolute Gasteiger partial charge is 0.287 e. The maximum absolute atomic E-state index is 2.64. The number of hydrogen-bond donors (Lipinski definition) is 0. The van der Waals surface area contributed by atoms with Crippen LogP contribution >= 0.6 is 0 Å². The van der Waals surface area contributed by atoms with Gasteiger partial charge in [-0.15, -0.1) is 0 Å². The molecule has 0 fully saturated rings. The molecule has 0 aliphatic carbocycles. The molecule has 2 atom stereocenters. The topological polar surface area (TPSA) is 3.24 Å². The molecule has 0 spiro atoms. The predicted molar refractivity (Wildman–Crippen MR) is 69.6 cm³/mol. The lowest BCUT2D eigenvalue weighted by molar-refractivity contribution is 0.125. The van der Waals surface area contributed by atoms with Crippen LogP contribution in [0.3, 0.4) is 0 Å². The lowest BCUT2D eigenvalue weighted by Gasteiger charge is -2.32. The van der Waals surface area contributed by atoms with Gasteiger partial charge in [-0.05, 0) is 45.2 Å². The molecule has 16 heavy (non-hydrogen) atoms. The van der Waals surface area contributed by atoms with Crippen LogP contribution < -0.4 is 0 Å². The fourth-order valence-electron chi connectivity index (χ4n) is 3.19. The molecule has 2 rings (SSSR count). The van der Waals surface area contributed by atoms with E-state index in [1.165, 1.54) is 12.0 Å². The van der Waals surface area contributed by atoms with Crippen LogP contribution in [-0.4, -0.2) is 10.9 Å². The summed E-state index contributed by atoms with van der Waals surface area (Å²) >= 11 is 0. The van der Waals surface area contributed by atoms with E-state index in [0.717, 1.165) is 0 Å². The highest BCUT2D eigenvalue weighted by Gasteiger charge is 2.35. The SMILES string of the molecule is CCC1c2ccc(C)cc2C(C)N1C(C)C. The normalized spacial score (nSPS) is 25.1. The van der Waals surface area contributed by atoms with Gasteiger partial charge in [0.2, 0.25) is 0 Å². The fourth-order valence-corrected chi connectivity index (χ4v) is 3.19. The summed E-state index contributed by atoms with van der Waals surface area (Å²) < 4.78 is 0. The molecule has 0 saturated heterocycles. The van der Waals surface area contributed by atoms with Crippen LogP contribution in [-0.2, 0) is 0 Å². The Morgan fingerprint density at radius 3 is 2.50 bits per heavy atom. The van der Waals surface area contributed by atoms with Gasteiger partial charge in [0, 0.05) is 18.1 Å². The van der Waals surface area contributed by atoms with Crippen LogP contribution in [0.1, 0.15) is 62.9 Å². The Morgan fingerprint density at radius 1 is 1.25 bits per heavy atom. The Kier molecular flexibility index (Phi) is 3.07. The summed E-state index contributed by atoms with van der Waals surface area (Å²) in [6.07, 6.45) is 1.21. The van der Waals surface area contributed by atoms with Crippen LogP contribution in [0.2, 0.25) is 0 Å². The monoisotopic (exact) mass is 217 g/mol. The number of fused-ring (bicyclic) bond motifs is 1. The minimum absolute atomic E-state index is 0.569. The van der Waals surface area contributed by atoms with Crippen molar-refractivity contribution in [3.63, 3.8) is 0 Å². The van der Waals surface area contributed by atoms with Crippen molar-refractivity contribution >= 4 is 0 Å². The van der Waals surface area contributed by atoms with E-state index in [1.54, 1.807) is 11.1 Å². The first-order valence-corrected chi connectivity index (χ1v) is 6.44. The minimum atomic E-state index is 0.569. The van der Waals surface area contributed by atoms with Crippen molar-refractivity contribution in [2.24, 2.45) is 0 Å². The van der Waals surface area contributed by atoms with E-state index in [1.807, 2.05) is 0 Å². The molecule has 0 N–H and O–H groups in total. The predicted octanol–water partition coefficient (Wildman–Crippen LogP) is 4.23. The highest BCUT2D eigenvalue weighted by Crippen LogP contribution is 2.44. The van der Waals surface area contributed by atoms with Crippen molar-refractivity contribution < 1.29 is 0 Å². The maximum atomic E-state index is 2.64. The molecule has 1 aromatic carbocycles. The van der Waals surface area contributed by atoms with Crippen LogP contribution in [0.15, 0.2) is 18.2 Å². The maximum Gasteiger partial charge on any atom is 0.0357 e. The van der Waals surface area contributed by atoms with E-state index < -0.39 is 0 Å². The molecule has 0 radical (unpaired) electrons. The van der Waals surface area contributed by atoms with Crippen molar-refractivity contribution in [3.05, 3.63) is 34.9 Å². The average molecular weight is 217 g/mol. The molecule has 1 aliphatic heterocycles. The van der Waals surface area contributed by atoms with Crippen molar-refractivity contribution in [1.82, 2.24) is 4.90 Å². The molecule has 0 bridgehead atoms. The van der Waals surface area contributed by atoms with Gasteiger partial charge in [0.25, 0.3) is 0 Å². The third kappa shape index (κ3) is 1.67. The molecule has 1 aromatic rings. The molecule has 88 valence electrons. The fraction of sp³-hybridized carbons (Fsp3) is 0.600. The Balaban J connectivity index is 2.47. The Morgan fingerprint density at radius 2 is 1.94 bits per heavy atom. The molecule has 1 aliphatic rings. The van der Waals surface area contributed by atoms with Crippen LogP contribution in [0.4, 0.5) is 0 Å². The van der Waals surface area contributed by atoms with Crippen LogP contribution in [0, 0.1) is 6.92 Å². The molecular weight excluding hydrogens is 194 g/mol. The third-order valence-corrected chi connectivity index (χ3v) is 3.84. The molecule has 0 saturated carbocycles. The zero-order chi connectivity index (χ0) is 11.9. The first-order chi connectivity index (χ1) is 7.56. The summed E-state index contributed by atoms with van der Waals surface area (Å²) in [6.45, 7) is 11.4. The van der Waals surface area contributed by atoms with Crippen LogP contribution in [0.5, 0.6) is 0 Å². The second-order valence-electron chi connectivity index (χ2n) is 5.27. The Bertz CT molecular complexity index is 381. The third-order valence-electron chi connectivity index (χ3n) is 3.84. The first kappa shape index (κ1) is 11.7. The smallest absolute Gasteiger partial charge is 0.0357 e. The highest BCUT2D eigenvalue weighted by atomic mass is 15.2. The van der Waals surface area contributed by atoms with E-state index in [4.69, 9.17) is 0 Å². The van der Waals surface area contributed by atoms with E-state index in [9.17, 15) is 0 Å². The molecule has 0 amide bonds. The van der Waals surface area contributed by atoms with Gasteiger partial charge in [0.05, 0.1) is 0 Å². The number of benzene rings is 1. The van der Waals surface area contributed by atoms with Crippen LogP contribution in [0.25, 0.3) is 0 Å². The average Bonchev–Trinajstić information content (AvgIpc) is 2.51. The summed E-state index contributed by atoms with van der Waals surface area (Å²) in [7, 11) is 0. The highest BCUT2D eigenvalue weighted by molar-refractivity contribution is 5.40. The zero-order valence-corrected chi connectivity index (χ0v) is 11.1. The summed E-state index contributed by atoms with van der Waals surface area (Å²) in [4.78, 5) is 2.64. The molecule has 2 unspecified atom stereocenters. The Hall–Kier alpha value is -0.820. The van der Waals surface area contributed by atoms with Gasteiger partial charge in [-0.2, -0.15) is 0 Å². The van der Waals surface area contributed by atoms with Gasteiger partial charge in [0.1, 0.15) is 0 Å². The van der Waals surface area contributed by atoms with Gasteiger partial charge >= 0.3 is 0 Å². The van der Waals surface area contributed by atoms with E-state index in [2.05, 4.69) is 57.7 Å². The Labute approximate surface area is 99.5 Å². The molecular formula is C15H23N. The molecule has 1 heterocycles. The number of hydrogen-bond acceptors (Lipinski definition) is 1. The molecule has 1 heteroatoms. The lowest BCUT2D eigenvalue weighted by Crippen LogP contribution is -2.31. The van der Waals surface area contributed by atoms with Crippen molar-refractivity contribution in [3.8, 4) is 0 Å². The second kappa shape index (κ2) is 4.21. The van der Waals surface area contributed by atoms with E-state index >= 15 is 0 Å². The molecule has 1 nitrogen and oxygen atoms in total. The summed E-state index contributed by atoms with van der Waals surface area (Å²) in [6, 6.07) is 8.75. The summed E-state index contributed by atoms with van der Waals surface area (Å²) in [5.41, 5.74) is 4.47. The number of nitrogens with zero attached hydrogens (tertiary/aromatic N) is 1. The van der Waals surface area contributed by atoms with Crippen molar-refractivity contribution in [1.29, 1.82) is 0 Å². The quantitative estimate of drug-likeness (QED) is 0.716. The zero-order valence-electron chi connectivity index (χ0n) is 11.1.